The smallest absolute Gasteiger partial charge is 0.366 e. The summed E-state index contributed by atoms with van der Waals surface area (Å²) in [5, 5.41) is 0. The molecule has 1 fully saturated rings. The first-order valence-corrected chi connectivity index (χ1v) is 8.89. The van der Waals surface area contributed by atoms with Crippen molar-refractivity contribution in [3.8, 4) is 0 Å². The predicted octanol–water partition coefficient (Wildman–Crippen LogP) is 5.21. The third-order valence-corrected chi connectivity index (χ3v) is 4.96. The lowest BCUT2D eigenvalue weighted by molar-refractivity contribution is -0.436. The van der Waals surface area contributed by atoms with Gasteiger partial charge in [0.05, 0.1) is 5.69 Å². The van der Waals surface area contributed by atoms with Crippen LogP contribution in [0.1, 0.15) is 0 Å². The normalized spacial score (nSPS) is 17.2. The second kappa shape index (κ2) is 8.32. The van der Waals surface area contributed by atoms with Gasteiger partial charge in [-0.1, -0.05) is 12.1 Å². The zero-order valence-electron chi connectivity index (χ0n) is 16.2. The number of rotatable bonds is 6. The van der Waals surface area contributed by atoms with Crippen LogP contribution in [-0.2, 0) is 4.79 Å². The van der Waals surface area contributed by atoms with E-state index in [9.17, 15) is 66.3 Å². The lowest BCUT2D eigenvalue weighted by Crippen LogP contribution is -2.72. The van der Waals surface area contributed by atoms with Gasteiger partial charge >= 0.3 is 35.8 Å². The Morgan fingerprint density at radius 3 is 1.53 bits per heavy atom. The van der Waals surface area contributed by atoms with Gasteiger partial charge in [0.2, 0.25) is 0 Å². The van der Waals surface area contributed by atoms with Crippen LogP contribution >= 0.6 is 0 Å². The molecule has 194 valence electrons. The Morgan fingerprint density at radius 2 is 1.09 bits per heavy atom. The van der Waals surface area contributed by atoms with E-state index in [0.717, 1.165) is 11.0 Å². The standard InChI is InChI=1S/C17H12F14N2O/c18-9-3-1-2-4-10(9)32-5-7-33(8-6-32)11(34)12(19,20)13(21,22)14(23,24)15(25,26)16(27,28)17(29,30)31/h1-4H,5-8H2. The van der Waals surface area contributed by atoms with Crippen LogP contribution in [0.4, 0.5) is 67.2 Å². The Balaban J connectivity index is 2.30. The molecule has 17 heteroatoms. The Kier molecular flexibility index (Phi) is 6.79. The van der Waals surface area contributed by atoms with Gasteiger partial charge in [-0.05, 0) is 12.1 Å². The molecule has 1 aromatic carbocycles. The third-order valence-electron chi connectivity index (χ3n) is 4.96. The van der Waals surface area contributed by atoms with Crippen LogP contribution < -0.4 is 4.90 Å². The van der Waals surface area contributed by atoms with E-state index < -0.39 is 73.7 Å². The second-order valence-electron chi connectivity index (χ2n) is 7.10. The van der Waals surface area contributed by atoms with Crippen molar-refractivity contribution in [2.75, 3.05) is 31.1 Å². The Labute approximate surface area is 180 Å². The quantitative estimate of drug-likeness (QED) is 0.476. The number of benzene rings is 1. The highest BCUT2D eigenvalue weighted by molar-refractivity contribution is 5.85. The van der Waals surface area contributed by atoms with Crippen molar-refractivity contribution in [3.63, 3.8) is 0 Å². The van der Waals surface area contributed by atoms with Crippen molar-refractivity contribution in [1.29, 1.82) is 0 Å². The molecule has 2 rings (SSSR count). The molecule has 1 heterocycles. The van der Waals surface area contributed by atoms with E-state index in [-0.39, 0.29) is 10.6 Å². The molecule has 0 aliphatic carbocycles. The summed E-state index contributed by atoms with van der Waals surface area (Å²) < 4.78 is 185. The van der Waals surface area contributed by atoms with Crippen molar-refractivity contribution < 1.29 is 66.3 Å². The maximum Gasteiger partial charge on any atom is 0.460 e. The van der Waals surface area contributed by atoms with E-state index >= 15 is 0 Å². The maximum atomic E-state index is 14.0. The van der Waals surface area contributed by atoms with Crippen molar-refractivity contribution in [3.05, 3.63) is 30.1 Å². The molecule has 3 nitrogen and oxygen atoms in total. The molecular weight excluding hydrogens is 514 g/mol. The zero-order chi connectivity index (χ0) is 26.5. The molecule has 0 saturated carbocycles. The Morgan fingerprint density at radius 1 is 0.647 bits per heavy atom. The molecule has 0 spiro atoms. The highest BCUT2D eigenvalue weighted by Gasteiger charge is 2.91. The number of para-hydroxylation sites is 1. The monoisotopic (exact) mass is 526 g/mol. The molecule has 1 amide bonds. The molecule has 1 aliphatic rings. The van der Waals surface area contributed by atoms with Crippen LogP contribution in [0.5, 0.6) is 0 Å². The number of hydrogen-bond acceptors (Lipinski definition) is 2. The molecule has 1 saturated heterocycles. The molecule has 0 bridgehead atoms. The summed E-state index contributed by atoms with van der Waals surface area (Å²) in [6.45, 7) is -2.99. The van der Waals surface area contributed by atoms with Crippen molar-refractivity contribution >= 4 is 11.6 Å². The third kappa shape index (κ3) is 3.99. The highest BCUT2D eigenvalue weighted by atomic mass is 19.4. The molecule has 0 radical (unpaired) electrons. The molecule has 0 N–H and O–H groups in total. The summed E-state index contributed by atoms with van der Waals surface area (Å²) in [7, 11) is 0. The summed E-state index contributed by atoms with van der Waals surface area (Å²) in [5.74, 6) is -42.5. The summed E-state index contributed by atoms with van der Waals surface area (Å²) in [4.78, 5) is 12.7. The number of carbonyl (C=O) groups is 1. The summed E-state index contributed by atoms with van der Waals surface area (Å²) in [6, 6.07) is 4.82. The molecule has 0 aromatic heterocycles. The minimum Gasteiger partial charge on any atom is -0.366 e. The zero-order valence-corrected chi connectivity index (χ0v) is 16.2. The largest absolute Gasteiger partial charge is 0.460 e. The van der Waals surface area contributed by atoms with Gasteiger partial charge in [0.1, 0.15) is 5.82 Å². The van der Waals surface area contributed by atoms with Gasteiger partial charge in [-0.15, -0.1) is 0 Å². The minimum atomic E-state index is -8.07. The van der Waals surface area contributed by atoms with E-state index in [1.807, 2.05) is 0 Å². The van der Waals surface area contributed by atoms with E-state index in [2.05, 4.69) is 0 Å². The average Bonchev–Trinajstić information content (AvgIpc) is 2.72. The van der Waals surface area contributed by atoms with E-state index in [1.165, 1.54) is 18.2 Å². The van der Waals surface area contributed by atoms with Gasteiger partial charge in [0.15, 0.2) is 0 Å². The van der Waals surface area contributed by atoms with Crippen molar-refractivity contribution in [2.24, 2.45) is 0 Å². The lowest BCUT2D eigenvalue weighted by Gasteiger charge is -2.41. The van der Waals surface area contributed by atoms with Crippen LogP contribution in [0.2, 0.25) is 0 Å². The van der Waals surface area contributed by atoms with Crippen LogP contribution in [0.15, 0.2) is 24.3 Å². The minimum absolute atomic E-state index is 0.118. The number of nitrogens with zero attached hydrogens (tertiary/aromatic N) is 2. The molecule has 0 unspecified atom stereocenters. The van der Waals surface area contributed by atoms with E-state index in [1.54, 1.807) is 0 Å². The number of carbonyl (C=O) groups excluding carboxylic acids is 1. The predicted molar refractivity (Wildman–Crippen MR) is 86.0 cm³/mol. The van der Waals surface area contributed by atoms with Crippen LogP contribution in [0.3, 0.4) is 0 Å². The average molecular weight is 526 g/mol. The second-order valence-corrected chi connectivity index (χ2v) is 7.10. The lowest BCUT2D eigenvalue weighted by atomic mass is 9.93. The van der Waals surface area contributed by atoms with Crippen molar-refractivity contribution in [2.45, 2.75) is 35.8 Å². The molecule has 1 aliphatic heterocycles. The van der Waals surface area contributed by atoms with Gasteiger partial charge in [0.25, 0.3) is 5.91 Å². The topological polar surface area (TPSA) is 23.6 Å². The van der Waals surface area contributed by atoms with Crippen LogP contribution in [0, 0.1) is 5.82 Å². The first-order chi connectivity index (χ1) is 15.1. The van der Waals surface area contributed by atoms with Gasteiger partial charge in [-0.25, -0.2) is 4.39 Å². The number of halogens is 14. The summed E-state index contributed by atoms with van der Waals surface area (Å²) >= 11 is 0. The number of alkyl halides is 13. The highest BCUT2D eigenvalue weighted by Crippen LogP contribution is 2.60. The fraction of sp³-hybridized carbons (Fsp3) is 0.588. The molecule has 34 heavy (non-hydrogen) atoms. The van der Waals surface area contributed by atoms with E-state index in [0.29, 0.717) is 0 Å². The molecule has 0 atom stereocenters. The van der Waals surface area contributed by atoms with Gasteiger partial charge < -0.3 is 9.80 Å². The van der Waals surface area contributed by atoms with Gasteiger partial charge in [0, 0.05) is 26.2 Å². The number of hydrogen-bond donors (Lipinski definition) is 0. The summed E-state index contributed by atoms with van der Waals surface area (Å²) in [5.41, 5.74) is -0.118. The Bertz CT molecular complexity index is 906. The van der Waals surface area contributed by atoms with Crippen LogP contribution in [-0.4, -0.2) is 72.8 Å². The fourth-order valence-electron chi connectivity index (χ4n) is 2.96. The fourth-order valence-corrected chi connectivity index (χ4v) is 2.96. The van der Waals surface area contributed by atoms with Gasteiger partial charge in [-0.2, -0.15) is 57.1 Å². The number of anilines is 1. The number of piperazine rings is 1. The number of amides is 1. The van der Waals surface area contributed by atoms with Gasteiger partial charge in [-0.3, -0.25) is 4.79 Å². The SMILES string of the molecule is O=C(N1CCN(c2ccccc2F)CC1)C(F)(F)C(F)(F)C(F)(F)C(F)(F)C(F)(F)C(F)(F)F. The maximum absolute atomic E-state index is 14.0. The summed E-state index contributed by atoms with van der Waals surface area (Å²) in [6.07, 6.45) is -7.53. The molecule has 1 aromatic rings. The first kappa shape index (κ1) is 27.8. The Hall–Kier alpha value is -2.49. The van der Waals surface area contributed by atoms with Crippen molar-refractivity contribution in [1.82, 2.24) is 4.90 Å². The first-order valence-electron chi connectivity index (χ1n) is 8.89. The van der Waals surface area contributed by atoms with Crippen LogP contribution in [0.25, 0.3) is 0 Å². The molecular formula is C17H12F14N2O. The van der Waals surface area contributed by atoms with E-state index in [4.69, 9.17) is 0 Å².